The summed E-state index contributed by atoms with van der Waals surface area (Å²) >= 11 is 8.95. The summed E-state index contributed by atoms with van der Waals surface area (Å²) in [6.45, 7) is 7.26. The van der Waals surface area contributed by atoms with E-state index in [1.807, 2.05) is 69.3 Å². The van der Waals surface area contributed by atoms with Crippen molar-refractivity contribution in [1.29, 1.82) is 0 Å². The zero-order valence-electron chi connectivity index (χ0n) is 24.5. The Balaban J connectivity index is 1.43. The molecule has 0 saturated heterocycles. The number of carbonyl (C=O) groups excluding carboxylic acids is 4. The number of rotatable bonds is 5. The second kappa shape index (κ2) is 11.5. The van der Waals surface area contributed by atoms with E-state index in [1.54, 1.807) is 36.1 Å². The number of carbonyl (C=O) groups is 4. The molecule has 6 rings (SSSR count). The van der Waals surface area contributed by atoms with Crippen molar-refractivity contribution in [2.24, 2.45) is 0 Å². The molecule has 3 aliphatic heterocycles. The van der Waals surface area contributed by atoms with Crippen molar-refractivity contribution in [2.75, 3.05) is 18.1 Å². The Hall–Kier alpha value is -3.99. The molecule has 0 spiro atoms. The topological polar surface area (TPSA) is 84.0 Å². The van der Waals surface area contributed by atoms with Crippen LogP contribution in [0.2, 0.25) is 0 Å². The number of esters is 1. The summed E-state index contributed by atoms with van der Waals surface area (Å²) in [5, 5.41) is 0. The van der Waals surface area contributed by atoms with Gasteiger partial charge in [0.25, 0.3) is 11.8 Å². The minimum atomic E-state index is -1.01. The van der Waals surface area contributed by atoms with Crippen molar-refractivity contribution in [2.45, 2.75) is 33.2 Å². The SMILES string of the molecule is CCOC(=O)C1=C(c2ccccc2)S/C(=C2/C(=S)C(C)(C)N(C(=O)CN3C(=O)c4ccccc4C3=O)c3c(C)cccc32)S1. The number of thioether (sulfide) groups is 2. The van der Waals surface area contributed by atoms with Crippen molar-refractivity contribution in [3.8, 4) is 0 Å². The molecule has 0 aliphatic carbocycles. The van der Waals surface area contributed by atoms with Gasteiger partial charge in [0.2, 0.25) is 5.91 Å². The van der Waals surface area contributed by atoms with Crippen molar-refractivity contribution in [3.05, 3.63) is 110 Å². The number of nitrogens with zero attached hydrogens (tertiary/aromatic N) is 2. The number of ether oxygens (including phenoxy) is 1. The fourth-order valence-electron chi connectivity index (χ4n) is 5.71. The molecule has 3 amide bonds. The largest absolute Gasteiger partial charge is 0.462 e. The maximum absolute atomic E-state index is 14.2. The first-order valence-electron chi connectivity index (χ1n) is 14.1. The van der Waals surface area contributed by atoms with E-state index in [9.17, 15) is 19.2 Å². The zero-order chi connectivity index (χ0) is 31.3. The molecule has 0 atom stereocenters. The zero-order valence-corrected chi connectivity index (χ0v) is 27.0. The lowest BCUT2D eigenvalue weighted by Crippen LogP contribution is -2.58. The van der Waals surface area contributed by atoms with E-state index >= 15 is 0 Å². The van der Waals surface area contributed by atoms with Crippen LogP contribution in [-0.2, 0) is 14.3 Å². The van der Waals surface area contributed by atoms with E-state index in [4.69, 9.17) is 17.0 Å². The molecule has 3 aromatic carbocycles. The number of hydrogen-bond donors (Lipinski definition) is 0. The van der Waals surface area contributed by atoms with Gasteiger partial charge < -0.3 is 4.74 Å². The van der Waals surface area contributed by atoms with E-state index in [1.165, 1.54) is 23.5 Å². The summed E-state index contributed by atoms with van der Waals surface area (Å²) in [6.07, 6.45) is 0. The van der Waals surface area contributed by atoms with Gasteiger partial charge in [-0.05, 0) is 51.0 Å². The van der Waals surface area contributed by atoms with Crippen LogP contribution in [-0.4, -0.2) is 52.1 Å². The Morgan fingerprint density at radius 1 is 0.864 bits per heavy atom. The standard InChI is InChI=1S/C34H28N2O5S3/c1-5-41-32(40)28-27(20-13-7-6-8-14-20)43-33(44-28)25-23-17-11-12-19(2)26(23)36(34(3,4)29(25)42)24(37)18-35-30(38)21-15-9-10-16-22(21)31(35)39/h6-17H,5,18H2,1-4H3/b33-25-. The van der Waals surface area contributed by atoms with Crippen molar-refractivity contribution in [3.63, 3.8) is 0 Å². The Morgan fingerprint density at radius 3 is 2.11 bits per heavy atom. The van der Waals surface area contributed by atoms with Gasteiger partial charge in [-0.2, -0.15) is 0 Å². The maximum Gasteiger partial charge on any atom is 0.346 e. The molecular weight excluding hydrogens is 613 g/mol. The fraction of sp³-hybridized carbons (Fsp3) is 0.206. The molecule has 3 aromatic rings. The van der Waals surface area contributed by atoms with Gasteiger partial charge in [0, 0.05) is 16.0 Å². The smallest absolute Gasteiger partial charge is 0.346 e. The first kappa shape index (κ1) is 30.1. The van der Waals surface area contributed by atoms with Crippen molar-refractivity contribution >= 4 is 80.5 Å². The van der Waals surface area contributed by atoms with Gasteiger partial charge in [-0.1, -0.05) is 96.4 Å². The third kappa shape index (κ3) is 4.81. The Morgan fingerprint density at radius 2 is 1.48 bits per heavy atom. The number of para-hydroxylation sites is 1. The quantitative estimate of drug-likeness (QED) is 0.129. The van der Waals surface area contributed by atoms with Gasteiger partial charge in [-0.25, -0.2) is 4.79 Å². The lowest BCUT2D eigenvalue weighted by Gasteiger charge is -2.46. The molecule has 3 aliphatic rings. The van der Waals surface area contributed by atoms with Crippen LogP contribution < -0.4 is 4.90 Å². The summed E-state index contributed by atoms with van der Waals surface area (Å²) in [4.78, 5) is 58.0. The minimum absolute atomic E-state index is 0.249. The highest BCUT2D eigenvalue weighted by atomic mass is 32.2. The lowest BCUT2D eigenvalue weighted by molar-refractivity contribution is -0.137. The van der Waals surface area contributed by atoms with E-state index in [-0.39, 0.29) is 17.7 Å². The molecular formula is C34H28N2O5S3. The average molecular weight is 641 g/mol. The number of amides is 3. The van der Waals surface area contributed by atoms with Gasteiger partial charge >= 0.3 is 5.97 Å². The molecule has 0 saturated carbocycles. The molecule has 3 heterocycles. The van der Waals surface area contributed by atoms with Crippen LogP contribution >= 0.6 is 35.7 Å². The average Bonchev–Trinajstić information content (AvgIpc) is 3.55. The summed E-state index contributed by atoms with van der Waals surface area (Å²) in [6, 6.07) is 22.0. The predicted molar refractivity (Wildman–Crippen MR) is 179 cm³/mol. The Bertz CT molecular complexity index is 1810. The molecule has 0 fully saturated rings. The van der Waals surface area contributed by atoms with Gasteiger partial charge in [0.05, 0.1) is 38.1 Å². The second-order valence-corrected chi connectivity index (χ2v) is 13.6. The second-order valence-electron chi connectivity index (χ2n) is 10.9. The summed E-state index contributed by atoms with van der Waals surface area (Å²) in [5.41, 5.74) is 3.48. The summed E-state index contributed by atoms with van der Waals surface area (Å²) in [7, 11) is 0. The predicted octanol–water partition coefficient (Wildman–Crippen LogP) is 6.87. The van der Waals surface area contributed by atoms with Gasteiger partial charge in [-0.15, -0.1) is 0 Å². The first-order chi connectivity index (χ1) is 21.1. The van der Waals surface area contributed by atoms with Crippen LogP contribution in [0, 0.1) is 6.92 Å². The van der Waals surface area contributed by atoms with Crippen LogP contribution in [0.1, 0.15) is 58.2 Å². The molecule has 0 unspecified atom stereocenters. The fourth-order valence-corrected chi connectivity index (χ4v) is 8.84. The van der Waals surface area contributed by atoms with Crippen LogP contribution in [0.25, 0.3) is 10.5 Å². The van der Waals surface area contributed by atoms with Crippen molar-refractivity contribution in [1.82, 2.24) is 4.90 Å². The third-order valence-electron chi connectivity index (χ3n) is 7.79. The lowest BCUT2D eigenvalue weighted by atomic mass is 9.82. The Labute approximate surface area is 269 Å². The van der Waals surface area contributed by atoms with Crippen LogP contribution in [0.5, 0.6) is 0 Å². The molecule has 0 N–H and O–H groups in total. The molecule has 10 heteroatoms. The molecule has 222 valence electrons. The van der Waals surface area contributed by atoms with Crippen LogP contribution in [0.3, 0.4) is 0 Å². The van der Waals surface area contributed by atoms with Crippen LogP contribution in [0.15, 0.2) is 81.9 Å². The molecule has 0 radical (unpaired) electrons. The van der Waals surface area contributed by atoms with Crippen molar-refractivity contribution < 1.29 is 23.9 Å². The molecule has 44 heavy (non-hydrogen) atoms. The number of benzene rings is 3. The number of imide groups is 1. The van der Waals surface area contributed by atoms with Gasteiger partial charge in [0.15, 0.2) is 0 Å². The van der Waals surface area contributed by atoms with Gasteiger partial charge in [0.1, 0.15) is 11.4 Å². The highest BCUT2D eigenvalue weighted by Crippen LogP contribution is 2.58. The van der Waals surface area contributed by atoms with E-state index in [0.29, 0.717) is 15.5 Å². The highest BCUT2D eigenvalue weighted by molar-refractivity contribution is 8.32. The molecule has 0 bridgehead atoms. The molecule has 7 nitrogen and oxygen atoms in total. The Kier molecular flexibility index (Phi) is 7.85. The molecule has 0 aromatic heterocycles. The highest BCUT2D eigenvalue weighted by Gasteiger charge is 2.47. The number of hydrogen-bond acceptors (Lipinski definition) is 8. The number of fused-ring (bicyclic) bond motifs is 2. The minimum Gasteiger partial charge on any atom is -0.462 e. The third-order valence-corrected chi connectivity index (χ3v) is 11.1. The monoisotopic (exact) mass is 640 g/mol. The summed E-state index contributed by atoms with van der Waals surface area (Å²) in [5.74, 6) is -1.81. The number of anilines is 1. The normalized spacial score (nSPS) is 19.0. The summed E-state index contributed by atoms with van der Waals surface area (Å²) < 4.78 is 6.25. The van der Waals surface area contributed by atoms with Crippen LogP contribution in [0.4, 0.5) is 5.69 Å². The number of thiocarbonyl (C=S) groups is 1. The maximum atomic E-state index is 14.2. The van der Waals surface area contributed by atoms with E-state index in [0.717, 1.165) is 36.3 Å². The van der Waals surface area contributed by atoms with E-state index < -0.39 is 35.8 Å². The number of aryl methyl sites for hydroxylation is 1. The first-order valence-corrected chi connectivity index (χ1v) is 16.1. The van der Waals surface area contributed by atoms with Gasteiger partial charge in [-0.3, -0.25) is 24.2 Å². The van der Waals surface area contributed by atoms with E-state index in [2.05, 4.69) is 0 Å².